The quantitative estimate of drug-likeness (QED) is 0.494. The number of benzene rings is 2. The van der Waals surface area contributed by atoms with Crippen LogP contribution in [-0.4, -0.2) is 45.0 Å². The van der Waals surface area contributed by atoms with E-state index in [0.29, 0.717) is 22.3 Å². The second-order valence-electron chi connectivity index (χ2n) is 7.50. The topological polar surface area (TPSA) is 115 Å². The maximum absolute atomic E-state index is 13.3. The molecule has 0 atom stereocenters. The molecule has 34 heavy (non-hydrogen) atoms. The number of nitrogens with zero attached hydrogens (tertiary/aromatic N) is 2. The average Bonchev–Trinajstić information content (AvgIpc) is 3.24. The van der Waals surface area contributed by atoms with E-state index in [4.69, 9.17) is 9.47 Å². The molecule has 178 valence electrons. The highest BCUT2D eigenvalue weighted by molar-refractivity contribution is 7.92. The van der Waals surface area contributed by atoms with Gasteiger partial charge in [-0.15, -0.1) is 11.3 Å². The van der Waals surface area contributed by atoms with Crippen molar-refractivity contribution in [1.29, 1.82) is 0 Å². The van der Waals surface area contributed by atoms with E-state index in [2.05, 4.69) is 10.3 Å². The molecule has 9 nitrogen and oxygen atoms in total. The Labute approximate surface area is 201 Å². The van der Waals surface area contributed by atoms with E-state index in [1.807, 2.05) is 13.0 Å². The average molecular weight is 502 g/mol. The Kier molecular flexibility index (Phi) is 6.85. The van der Waals surface area contributed by atoms with Gasteiger partial charge in [0.05, 0.1) is 35.8 Å². The third-order valence-electron chi connectivity index (χ3n) is 5.02. The molecule has 1 N–H and O–H groups in total. The molecule has 3 aromatic rings. The summed E-state index contributed by atoms with van der Waals surface area (Å²) in [6.07, 6.45) is 0.0160. The van der Waals surface area contributed by atoms with E-state index in [-0.39, 0.29) is 36.6 Å². The second-order valence-corrected chi connectivity index (χ2v) is 10.2. The van der Waals surface area contributed by atoms with Gasteiger partial charge in [-0.3, -0.25) is 19.2 Å². The van der Waals surface area contributed by atoms with Crippen LogP contribution in [0.1, 0.15) is 28.5 Å². The van der Waals surface area contributed by atoms with E-state index in [9.17, 15) is 18.0 Å². The Hall–Kier alpha value is -3.44. The van der Waals surface area contributed by atoms with Gasteiger partial charge < -0.3 is 9.47 Å². The lowest BCUT2D eigenvalue weighted by Crippen LogP contribution is -2.38. The van der Waals surface area contributed by atoms with Gasteiger partial charge in [-0.1, -0.05) is 12.1 Å². The fourth-order valence-electron chi connectivity index (χ4n) is 3.46. The fraction of sp³-hybridized carbons (Fsp3) is 0.261. The molecule has 11 heteroatoms. The van der Waals surface area contributed by atoms with Crippen LogP contribution in [-0.2, 0) is 26.0 Å². The molecule has 0 spiro atoms. The summed E-state index contributed by atoms with van der Waals surface area (Å²) < 4.78 is 38.5. The van der Waals surface area contributed by atoms with Crippen LogP contribution in [0.15, 0.2) is 52.7 Å². The van der Waals surface area contributed by atoms with Crippen molar-refractivity contribution >= 4 is 44.1 Å². The second kappa shape index (κ2) is 9.82. The number of carbonyl (C=O) groups excluding carboxylic acids is 2. The first-order valence-corrected chi connectivity index (χ1v) is 12.9. The van der Waals surface area contributed by atoms with Crippen molar-refractivity contribution in [3.63, 3.8) is 0 Å². The lowest BCUT2D eigenvalue weighted by molar-refractivity contribution is -0.142. The maximum atomic E-state index is 13.3. The number of carbonyl (C=O) groups is 2. The van der Waals surface area contributed by atoms with Gasteiger partial charge in [-0.05, 0) is 49.7 Å². The van der Waals surface area contributed by atoms with Gasteiger partial charge in [0.1, 0.15) is 12.4 Å². The number of anilines is 2. The van der Waals surface area contributed by atoms with Crippen molar-refractivity contribution in [2.75, 3.05) is 29.4 Å². The molecule has 2 heterocycles. The molecule has 1 aliphatic heterocycles. The Balaban J connectivity index is 1.56. The fourth-order valence-corrected chi connectivity index (χ4v) is 5.72. The molecule has 0 saturated heterocycles. The summed E-state index contributed by atoms with van der Waals surface area (Å²) in [4.78, 5) is 28.9. The first-order chi connectivity index (χ1) is 16.3. The van der Waals surface area contributed by atoms with Crippen LogP contribution in [0, 0.1) is 6.92 Å². The number of sulfonamides is 1. The molecule has 1 aromatic heterocycles. The van der Waals surface area contributed by atoms with Crippen molar-refractivity contribution in [2.45, 2.75) is 25.2 Å². The summed E-state index contributed by atoms with van der Waals surface area (Å²) in [7, 11) is -3.84. The largest absolute Gasteiger partial charge is 0.489 e. The predicted molar refractivity (Wildman–Crippen MR) is 128 cm³/mol. The molecular weight excluding hydrogens is 478 g/mol. The van der Waals surface area contributed by atoms with Gasteiger partial charge in [-0.25, -0.2) is 13.4 Å². The number of nitrogens with one attached hydrogen (secondary N) is 1. The van der Waals surface area contributed by atoms with Gasteiger partial charge in [-0.2, -0.15) is 0 Å². The Morgan fingerprint density at radius 2 is 2.06 bits per heavy atom. The van der Waals surface area contributed by atoms with E-state index in [1.165, 1.54) is 21.7 Å². The van der Waals surface area contributed by atoms with Crippen LogP contribution in [0.2, 0.25) is 0 Å². The van der Waals surface area contributed by atoms with Crippen LogP contribution < -0.4 is 14.4 Å². The highest BCUT2D eigenvalue weighted by Gasteiger charge is 2.31. The minimum absolute atomic E-state index is 0.0160. The standard InChI is InChI=1S/C23H23N3O6S2/c1-3-31-21(27)13-17-14-33-23(24-17)25-22(28)16-7-8-20-19(12-16)26(9-10-32-20)34(29,30)18-6-4-5-15(2)11-18/h4-8,11-12,14H,3,9-10,13H2,1-2H3,(H,24,25,28). The van der Waals surface area contributed by atoms with Crippen molar-refractivity contribution in [1.82, 2.24) is 4.98 Å². The minimum atomic E-state index is -3.84. The van der Waals surface area contributed by atoms with Gasteiger partial charge >= 0.3 is 5.97 Å². The number of aryl methyl sites for hydroxylation is 1. The highest BCUT2D eigenvalue weighted by Crippen LogP contribution is 2.36. The number of hydrogen-bond donors (Lipinski definition) is 1. The molecule has 4 rings (SSSR count). The summed E-state index contributed by atoms with van der Waals surface area (Å²) in [6.45, 7) is 4.15. The predicted octanol–water partition coefficient (Wildman–Crippen LogP) is 3.40. The Morgan fingerprint density at radius 3 is 2.82 bits per heavy atom. The molecule has 0 fully saturated rings. The molecule has 0 aliphatic carbocycles. The van der Waals surface area contributed by atoms with E-state index in [1.54, 1.807) is 42.6 Å². The van der Waals surface area contributed by atoms with Crippen LogP contribution >= 0.6 is 11.3 Å². The first kappa shape index (κ1) is 23.7. The Bertz CT molecular complexity index is 1340. The van der Waals surface area contributed by atoms with E-state index < -0.39 is 21.9 Å². The highest BCUT2D eigenvalue weighted by atomic mass is 32.2. The molecule has 1 amide bonds. The smallest absolute Gasteiger partial charge is 0.311 e. The van der Waals surface area contributed by atoms with Crippen molar-refractivity contribution in [2.24, 2.45) is 0 Å². The number of aromatic nitrogens is 1. The third kappa shape index (κ3) is 5.05. The summed E-state index contributed by atoms with van der Waals surface area (Å²) >= 11 is 1.18. The zero-order valence-electron chi connectivity index (χ0n) is 18.6. The Morgan fingerprint density at radius 1 is 1.24 bits per heavy atom. The maximum Gasteiger partial charge on any atom is 0.311 e. The molecule has 2 aromatic carbocycles. The minimum Gasteiger partial charge on any atom is -0.489 e. The summed E-state index contributed by atoms with van der Waals surface area (Å²) in [6, 6.07) is 11.3. The van der Waals surface area contributed by atoms with Crippen molar-refractivity contribution in [3.8, 4) is 5.75 Å². The monoisotopic (exact) mass is 501 g/mol. The third-order valence-corrected chi connectivity index (χ3v) is 7.64. The van der Waals surface area contributed by atoms with Crippen LogP contribution in [0.3, 0.4) is 0 Å². The molecule has 0 bridgehead atoms. The normalized spacial score (nSPS) is 13.1. The number of fused-ring (bicyclic) bond motifs is 1. The zero-order chi connectivity index (χ0) is 24.3. The number of esters is 1. The van der Waals surface area contributed by atoms with E-state index in [0.717, 1.165) is 5.56 Å². The number of rotatable bonds is 7. The number of thiazole rings is 1. The van der Waals surface area contributed by atoms with Crippen molar-refractivity contribution in [3.05, 3.63) is 64.7 Å². The number of hydrogen-bond acceptors (Lipinski definition) is 8. The van der Waals surface area contributed by atoms with Crippen molar-refractivity contribution < 1.29 is 27.5 Å². The van der Waals surface area contributed by atoms with Gasteiger partial charge in [0.25, 0.3) is 15.9 Å². The van der Waals surface area contributed by atoms with E-state index >= 15 is 0 Å². The van der Waals surface area contributed by atoms with Crippen LogP contribution in [0.5, 0.6) is 5.75 Å². The van der Waals surface area contributed by atoms with Gasteiger partial charge in [0.15, 0.2) is 5.13 Å². The summed E-state index contributed by atoms with van der Waals surface area (Å²) in [5.74, 6) is -0.474. The zero-order valence-corrected chi connectivity index (χ0v) is 20.2. The molecular formula is C23H23N3O6S2. The lowest BCUT2D eigenvalue weighted by atomic mass is 10.1. The molecule has 0 saturated carbocycles. The lowest BCUT2D eigenvalue weighted by Gasteiger charge is -2.30. The molecule has 0 radical (unpaired) electrons. The SMILES string of the molecule is CCOC(=O)Cc1csc(NC(=O)c2ccc3c(c2)N(S(=O)(=O)c2cccc(C)c2)CCO3)n1. The molecule has 0 unspecified atom stereocenters. The first-order valence-electron chi connectivity index (χ1n) is 10.6. The summed E-state index contributed by atoms with van der Waals surface area (Å²) in [5.41, 5.74) is 1.86. The summed E-state index contributed by atoms with van der Waals surface area (Å²) in [5, 5.41) is 4.68. The van der Waals surface area contributed by atoms with Gasteiger partial charge in [0.2, 0.25) is 0 Å². The van der Waals surface area contributed by atoms with Crippen LogP contribution in [0.4, 0.5) is 10.8 Å². The molecule has 1 aliphatic rings. The van der Waals surface area contributed by atoms with Gasteiger partial charge in [0, 0.05) is 10.9 Å². The number of amides is 1. The van der Waals surface area contributed by atoms with Crippen LogP contribution in [0.25, 0.3) is 0 Å². The number of ether oxygens (including phenoxy) is 2.